The van der Waals surface area contributed by atoms with Crippen LogP contribution in [-0.2, 0) is 9.59 Å². The van der Waals surface area contributed by atoms with Crippen LogP contribution in [0.15, 0.2) is 22.8 Å². The number of halogens is 4. The summed E-state index contributed by atoms with van der Waals surface area (Å²) in [5.41, 5.74) is -4.89. The summed E-state index contributed by atoms with van der Waals surface area (Å²) in [6.45, 7) is 4.80. The molecule has 9 heteroatoms. The summed E-state index contributed by atoms with van der Waals surface area (Å²) >= 11 is 20.1. The molecule has 0 amide bonds. The molecule has 3 saturated carbocycles. The first-order valence-corrected chi connectivity index (χ1v) is 11.1. The van der Waals surface area contributed by atoms with Gasteiger partial charge < -0.3 is 15.3 Å². The minimum Gasteiger partial charge on any atom is -0.479 e. The maximum Gasteiger partial charge on any atom is 0.336 e. The van der Waals surface area contributed by atoms with Crippen molar-refractivity contribution < 1.29 is 29.3 Å². The normalized spacial score (nSPS) is 55.2. The minimum absolute atomic E-state index is 0.00913. The molecule has 0 bridgehead atoms. The summed E-state index contributed by atoms with van der Waals surface area (Å²) in [7, 11) is 0. The van der Waals surface area contributed by atoms with Gasteiger partial charge in [0, 0.05) is 17.3 Å². The van der Waals surface area contributed by atoms with Crippen LogP contribution < -0.4 is 0 Å². The average molecular weight is 482 g/mol. The topological polar surface area (TPSA) is 94.8 Å². The number of alkyl halides is 3. The number of rotatable bonds is 1. The molecule has 9 atom stereocenters. The van der Waals surface area contributed by atoms with Crippen LogP contribution in [0.1, 0.15) is 40.0 Å². The van der Waals surface area contributed by atoms with Crippen molar-refractivity contribution in [2.45, 2.75) is 61.7 Å². The number of allylic oxidation sites excluding steroid dienone is 4. The Bertz CT molecular complexity index is 918. The Labute approximate surface area is 188 Å². The number of carboxylic acids is 1. The zero-order chi connectivity index (χ0) is 22.7. The van der Waals surface area contributed by atoms with Gasteiger partial charge in [-0.2, -0.15) is 0 Å². The lowest BCUT2D eigenvalue weighted by Gasteiger charge is -2.66. The van der Waals surface area contributed by atoms with E-state index in [4.69, 9.17) is 34.8 Å². The maximum atomic E-state index is 15.5. The van der Waals surface area contributed by atoms with E-state index in [9.17, 15) is 24.9 Å². The molecule has 166 valence electrons. The molecule has 5 nitrogen and oxygen atoms in total. The number of hydrogen-bond acceptors (Lipinski definition) is 4. The largest absolute Gasteiger partial charge is 0.479 e. The lowest BCUT2D eigenvalue weighted by molar-refractivity contribution is -0.200. The van der Waals surface area contributed by atoms with E-state index in [0.717, 1.165) is 0 Å². The number of fused-ring (bicyclic) bond motifs is 5. The highest BCUT2D eigenvalue weighted by atomic mass is 35.5. The van der Waals surface area contributed by atoms with Crippen LogP contribution in [0, 0.1) is 28.6 Å². The molecule has 0 aromatic rings. The SMILES string of the molecule is C[C@@H]1C[C@H]2[C@@H]3C[C@H](F)C4=C(Cl)C(=O)C=C[C@]4(C)[C@@]3(Cl)[C@@](O)(Cl)C[C@]2(C)[C@@]1(O)C(=O)O. The molecule has 4 rings (SSSR count). The van der Waals surface area contributed by atoms with Crippen LogP contribution in [0.5, 0.6) is 0 Å². The van der Waals surface area contributed by atoms with Crippen LogP contribution in [0.3, 0.4) is 0 Å². The first kappa shape index (κ1) is 22.5. The number of ketones is 1. The van der Waals surface area contributed by atoms with Gasteiger partial charge >= 0.3 is 5.97 Å². The third-order valence-electron chi connectivity index (χ3n) is 8.60. The molecule has 4 aliphatic carbocycles. The summed E-state index contributed by atoms with van der Waals surface area (Å²) in [4.78, 5) is 22.6. The third-order valence-corrected chi connectivity index (χ3v) is 10.5. The number of aliphatic hydroxyl groups is 2. The zero-order valence-corrected chi connectivity index (χ0v) is 19.0. The van der Waals surface area contributed by atoms with Gasteiger partial charge in [0.15, 0.2) is 16.4 Å². The summed E-state index contributed by atoms with van der Waals surface area (Å²) < 4.78 is 15.5. The van der Waals surface area contributed by atoms with E-state index in [1.54, 1.807) is 20.8 Å². The highest BCUT2D eigenvalue weighted by Crippen LogP contribution is 2.75. The number of carbonyl (C=O) groups excluding carboxylic acids is 1. The fraction of sp³-hybridized carbons (Fsp3) is 0.714. The first-order valence-electron chi connectivity index (χ1n) is 9.93. The van der Waals surface area contributed by atoms with Crippen LogP contribution in [0.4, 0.5) is 4.39 Å². The smallest absolute Gasteiger partial charge is 0.336 e. The maximum absolute atomic E-state index is 15.5. The predicted molar refractivity (Wildman–Crippen MR) is 110 cm³/mol. The second-order valence-electron chi connectivity index (χ2n) is 9.82. The van der Waals surface area contributed by atoms with Gasteiger partial charge in [-0.3, -0.25) is 4.79 Å². The van der Waals surface area contributed by atoms with E-state index in [-0.39, 0.29) is 29.9 Å². The van der Waals surface area contributed by atoms with Crippen LogP contribution in [-0.4, -0.2) is 48.8 Å². The molecule has 0 aromatic carbocycles. The fourth-order valence-electron chi connectivity index (χ4n) is 7.16. The zero-order valence-electron chi connectivity index (χ0n) is 16.8. The van der Waals surface area contributed by atoms with Crippen molar-refractivity contribution in [1.29, 1.82) is 0 Å². The Morgan fingerprint density at radius 2 is 1.80 bits per heavy atom. The third kappa shape index (κ3) is 2.22. The number of hydrogen-bond donors (Lipinski definition) is 3. The van der Waals surface area contributed by atoms with Crippen molar-refractivity contribution >= 4 is 46.6 Å². The van der Waals surface area contributed by atoms with E-state index < -0.39 is 62.0 Å². The van der Waals surface area contributed by atoms with Gasteiger partial charge in [-0.05, 0) is 42.2 Å². The van der Waals surface area contributed by atoms with E-state index in [2.05, 4.69) is 0 Å². The molecule has 0 radical (unpaired) electrons. The molecule has 0 spiro atoms. The highest BCUT2D eigenvalue weighted by Gasteiger charge is 2.80. The molecular formula is C21H24Cl3FO5. The Morgan fingerprint density at radius 3 is 2.37 bits per heavy atom. The van der Waals surface area contributed by atoms with Gasteiger partial charge in [0.25, 0.3) is 0 Å². The minimum atomic E-state index is -2.21. The molecule has 4 aliphatic rings. The van der Waals surface area contributed by atoms with Crippen molar-refractivity contribution in [3.8, 4) is 0 Å². The second kappa shape index (κ2) is 6.22. The molecule has 0 heterocycles. The summed E-state index contributed by atoms with van der Waals surface area (Å²) in [5.74, 6) is -3.90. The number of carboxylic acid groups (broad SMARTS) is 1. The van der Waals surface area contributed by atoms with Crippen molar-refractivity contribution in [2.75, 3.05) is 0 Å². The lowest BCUT2D eigenvalue weighted by Crippen LogP contribution is -2.73. The first-order chi connectivity index (χ1) is 13.6. The van der Waals surface area contributed by atoms with E-state index in [1.807, 2.05) is 0 Å². The standard InChI is InChI=1S/C21H24Cl3FO5/c1-9-6-10-11-7-12(25)14-15(22)13(26)4-5-17(14,2)21(11,24)19(23,29)8-18(10,3)20(9,30)16(27)28/h4-5,9-12,29-30H,6-8H2,1-3H3,(H,27,28)/t9-,10+,11+,12+,17+,18+,19-,20+,21-/m1/s1. The molecule has 0 aromatic heterocycles. The molecular weight excluding hydrogens is 458 g/mol. The van der Waals surface area contributed by atoms with Crippen molar-refractivity contribution in [1.82, 2.24) is 0 Å². The predicted octanol–water partition coefficient (Wildman–Crippen LogP) is 3.77. The van der Waals surface area contributed by atoms with E-state index in [1.165, 1.54) is 12.2 Å². The lowest BCUT2D eigenvalue weighted by atomic mass is 9.45. The monoisotopic (exact) mass is 480 g/mol. The summed E-state index contributed by atoms with van der Waals surface area (Å²) in [6, 6.07) is 0. The van der Waals surface area contributed by atoms with Crippen molar-refractivity contribution in [3.63, 3.8) is 0 Å². The van der Waals surface area contributed by atoms with Gasteiger partial charge in [0.05, 0.1) is 5.03 Å². The van der Waals surface area contributed by atoms with Gasteiger partial charge in [0.2, 0.25) is 0 Å². The van der Waals surface area contributed by atoms with Crippen molar-refractivity contribution in [3.05, 3.63) is 22.8 Å². The van der Waals surface area contributed by atoms with E-state index >= 15 is 4.39 Å². The molecule has 0 unspecified atom stereocenters. The average Bonchev–Trinajstić information content (AvgIpc) is 2.82. The Morgan fingerprint density at radius 1 is 1.20 bits per heavy atom. The summed E-state index contributed by atoms with van der Waals surface area (Å²) in [6.07, 6.45) is 0.791. The highest BCUT2D eigenvalue weighted by molar-refractivity contribution is 6.45. The molecule has 30 heavy (non-hydrogen) atoms. The van der Waals surface area contributed by atoms with Gasteiger partial charge in [-0.25, -0.2) is 9.18 Å². The Balaban J connectivity index is 1.96. The quantitative estimate of drug-likeness (QED) is 0.496. The molecule has 3 N–H and O–H groups in total. The second-order valence-corrected chi connectivity index (χ2v) is 11.4. The van der Waals surface area contributed by atoms with Crippen LogP contribution in [0.25, 0.3) is 0 Å². The summed E-state index contributed by atoms with van der Waals surface area (Å²) in [5, 5.41) is 30.1. The molecule has 0 saturated heterocycles. The van der Waals surface area contributed by atoms with Crippen molar-refractivity contribution in [2.24, 2.45) is 28.6 Å². The molecule has 3 fully saturated rings. The number of carbonyl (C=O) groups is 2. The van der Waals surface area contributed by atoms with Gasteiger partial charge in [0.1, 0.15) is 11.0 Å². The van der Waals surface area contributed by atoms with Crippen LogP contribution >= 0.6 is 34.8 Å². The van der Waals surface area contributed by atoms with E-state index in [0.29, 0.717) is 0 Å². The Hall–Kier alpha value is -0.660. The molecule has 0 aliphatic heterocycles. The van der Waals surface area contributed by atoms with Crippen LogP contribution in [0.2, 0.25) is 0 Å². The number of aliphatic carboxylic acids is 1. The Kier molecular flexibility index (Phi) is 4.67. The van der Waals surface area contributed by atoms with Gasteiger partial charge in [-0.15, -0.1) is 11.6 Å². The fourth-order valence-corrected chi connectivity index (χ4v) is 8.62. The van der Waals surface area contributed by atoms with Gasteiger partial charge in [-0.1, -0.05) is 50.0 Å².